The maximum Gasteiger partial charge on any atom is 0.490 e. The lowest BCUT2D eigenvalue weighted by Gasteiger charge is -2.23. The lowest BCUT2D eigenvalue weighted by Crippen LogP contribution is -2.41. The zero-order valence-corrected chi connectivity index (χ0v) is 21.2. The minimum atomic E-state index is -5.08. The van der Waals surface area contributed by atoms with Gasteiger partial charge in [0.2, 0.25) is 10.3 Å². The Kier molecular flexibility index (Phi) is 10.8. The molecule has 0 saturated heterocycles. The fraction of sp³-hybridized carbons (Fsp3) is 0.391. The molecule has 0 aliphatic heterocycles. The Morgan fingerprint density at radius 3 is 2.02 bits per heavy atom. The Morgan fingerprint density at radius 2 is 1.56 bits per heavy atom. The van der Waals surface area contributed by atoms with E-state index in [0.717, 1.165) is 30.5 Å². The first-order chi connectivity index (χ1) is 18.8. The van der Waals surface area contributed by atoms with Crippen molar-refractivity contribution in [2.75, 3.05) is 6.54 Å². The molecule has 2 atom stereocenters. The van der Waals surface area contributed by atoms with Crippen LogP contribution in [0.3, 0.4) is 0 Å². The highest BCUT2D eigenvalue weighted by Crippen LogP contribution is 2.36. The second kappa shape index (κ2) is 13.2. The molecule has 8 nitrogen and oxygen atoms in total. The highest BCUT2D eigenvalue weighted by Gasteiger charge is 2.39. The van der Waals surface area contributed by atoms with Crippen molar-refractivity contribution in [2.45, 2.75) is 43.8 Å². The van der Waals surface area contributed by atoms with Gasteiger partial charge >= 0.3 is 30.5 Å². The molecule has 18 heteroatoms. The first kappa shape index (κ1) is 33.4. The smallest absolute Gasteiger partial charge is 0.475 e. The monoisotopic (exact) mass is 621 g/mol. The van der Waals surface area contributed by atoms with E-state index in [1.807, 2.05) is 0 Å². The number of carboxylic acid groups (broad SMARTS) is 1. The van der Waals surface area contributed by atoms with Gasteiger partial charge in [0, 0.05) is 17.6 Å². The molecule has 1 saturated carbocycles. The molecular formula is C23H20F9N3O5S. The highest BCUT2D eigenvalue weighted by atomic mass is 32.2. The zero-order chi connectivity index (χ0) is 31.2. The van der Waals surface area contributed by atoms with Crippen LogP contribution in [-0.2, 0) is 27.4 Å². The van der Waals surface area contributed by atoms with Crippen LogP contribution in [0.5, 0.6) is 0 Å². The second-order valence-corrected chi connectivity index (χ2v) is 9.57. The van der Waals surface area contributed by atoms with Gasteiger partial charge < -0.3 is 15.7 Å². The number of carbonyl (C=O) groups is 2. The zero-order valence-electron chi connectivity index (χ0n) is 20.4. The van der Waals surface area contributed by atoms with Gasteiger partial charge in [-0.3, -0.25) is 4.98 Å². The Bertz CT molecular complexity index is 1360. The summed E-state index contributed by atoms with van der Waals surface area (Å²) in [6.45, 7) is 0.0701. The van der Waals surface area contributed by atoms with Crippen molar-refractivity contribution >= 4 is 27.2 Å². The van der Waals surface area contributed by atoms with Gasteiger partial charge in [-0.1, -0.05) is 12.1 Å². The molecule has 2 aromatic rings. The summed E-state index contributed by atoms with van der Waals surface area (Å²) in [5.74, 6) is -2.92. The van der Waals surface area contributed by atoms with Crippen LogP contribution in [0.25, 0.3) is 0 Å². The van der Waals surface area contributed by atoms with Crippen molar-refractivity contribution in [2.24, 2.45) is 5.92 Å². The molecule has 226 valence electrons. The topological polar surface area (TPSA) is 125 Å². The van der Waals surface area contributed by atoms with Crippen LogP contribution in [0.15, 0.2) is 42.6 Å². The number of alkyl halides is 9. The van der Waals surface area contributed by atoms with E-state index in [1.165, 1.54) is 0 Å². The van der Waals surface area contributed by atoms with E-state index in [9.17, 15) is 52.7 Å². The van der Waals surface area contributed by atoms with Crippen molar-refractivity contribution in [1.82, 2.24) is 15.6 Å². The third-order valence-corrected chi connectivity index (χ3v) is 6.48. The van der Waals surface area contributed by atoms with Crippen LogP contribution in [0.4, 0.5) is 44.3 Å². The van der Waals surface area contributed by atoms with E-state index in [-0.39, 0.29) is 24.4 Å². The Hall–Kier alpha value is -3.83. The summed E-state index contributed by atoms with van der Waals surface area (Å²) in [5, 5.41) is 12.0. The van der Waals surface area contributed by atoms with E-state index in [4.69, 9.17) is 9.90 Å². The summed E-state index contributed by atoms with van der Waals surface area (Å²) in [6, 6.07) is 2.81. The fourth-order valence-electron chi connectivity index (χ4n) is 3.70. The number of amides is 2. The highest BCUT2D eigenvalue weighted by molar-refractivity contribution is 7.73. The number of aliphatic carboxylic acids is 1. The van der Waals surface area contributed by atoms with E-state index in [0.29, 0.717) is 29.8 Å². The van der Waals surface area contributed by atoms with Crippen molar-refractivity contribution in [1.29, 1.82) is 0 Å². The second-order valence-electron chi connectivity index (χ2n) is 8.53. The predicted octanol–water partition coefficient (Wildman–Crippen LogP) is 4.99. The Labute approximate surface area is 227 Å². The number of hydrogen-bond donors (Lipinski definition) is 3. The van der Waals surface area contributed by atoms with Gasteiger partial charge in [-0.15, -0.1) is 0 Å². The van der Waals surface area contributed by atoms with Gasteiger partial charge in [0.1, 0.15) is 0 Å². The molecule has 1 unspecified atom stereocenters. The molecule has 41 heavy (non-hydrogen) atoms. The number of urea groups is 1. The van der Waals surface area contributed by atoms with Crippen LogP contribution in [0.2, 0.25) is 0 Å². The van der Waals surface area contributed by atoms with Crippen LogP contribution < -0.4 is 10.6 Å². The number of benzene rings is 1. The molecule has 2 amide bonds. The molecule has 0 bridgehead atoms. The molecule has 1 aliphatic carbocycles. The van der Waals surface area contributed by atoms with Gasteiger partial charge in [0.15, 0.2) is 0 Å². The number of pyridine rings is 1. The molecule has 0 spiro atoms. The molecular weight excluding hydrogens is 601 g/mol. The normalized spacial score (nSPS) is 16.3. The summed E-state index contributed by atoms with van der Waals surface area (Å²) in [7, 11) is -2.31. The van der Waals surface area contributed by atoms with Crippen LogP contribution in [0.1, 0.15) is 47.7 Å². The summed E-state index contributed by atoms with van der Waals surface area (Å²) in [5.41, 5.74) is -2.76. The number of nitrogens with one attached hydrogen (secondary N) is 2. The van der Waals surface area contributed by atoms with Gasteiger partial charge in [0.25, 0.3) is 0 Å². The maximum absolute atomic E-state index is 13.6. The maximum atomic E-state index is 13.6. The summed E-state index contributed by atoms with van der Waals surface area (Å²) < 4.78 is 133. The summed E-state index contributed by atoms with van der Waals surface area (Å²) >= 11 is 0. The van der Waals surface area contributed by atoms with Gasteiger partial charge in [0.05, 0.1) is 22.9 Å². The number of carbonyl (C=O) groups excluding carboxylic acids is 1. The summed E-state index contributed by atoms with van der Waals surface area (Å²) in [6.07, 6.45) is -12.3. The number of rotatable bonds is 5. The fourth-order valence-corrected chi connectivity index (χ4v) is 4.35. The first-order valence-electron chi connectivity index (χ1n) is 11.3. The van der Waals surface area contributed by atoms with Crippen LogP contribution in [0, 0.1) is 5.92 Å². The van der Waals surface area contributed by atoms with Crippen LogP contribution >= 0.6 is 0 Å². The quantitative estimate of drug-likeness (QED) is 0.319. The number of hydrogen-bond acceptors (Lipinski definition) is 5. The lowest BCUT2D eigenvalue weighted by molar-refractivity contribution is -0.192. The molecule has 1 heterocycles. The van der Waals surface area contributed by atoms with Gasteiger partial charge in [-0.25, -0.2) is 9.59 Å². The molecule has 3 N–H and O–H groups in total. The molecule has 1 aliphatic rings. The number of halogens is 9. The van der Waals surface area contributed by atoms with Crippen molar-refractivity contribution in [3.05, 3.63) is 65.0 Å². The molecule has 1 aromatic carbocycles. The molecule has 1 fully saturated rings. The SMILES string of the molecule is O=C(NCC1CCC(=S(=O)=O)C1)N[C@@H](c1ccc(C(F)(F)F)cc1)c1ncccc1C(F)(F)F.O=C(O)C(F)(F)F. The van der Waals surface area contributed by atoms with E-state index >= 15 is 0 Å². The van der Waals surface area contributed by atoms with Crippen molar-refractivity contribution < 1.29 is 62.6 Å². The third-order valence-electron chi connectivity index (χ3n) is 5.64. The van der Waals surface area contributed by atoms with E-state index < -0.39 is 63.7 Å². The average molecular weight is 621 g/mol. The van der Waals surface area contributed by atoms with Crippen molar-refractivity contribution in [3.8, 4) is 0 Å². The Morgan fingerprint density at radius 1 is 0.976 bits per heavy atom. The Balaban J connectivity index is 0.000000745. The van der Waals surface area contributed by atoms with Gasteiger partial charge in [-0.05, 0) is 55.0 Å². The summed E-state index contributed by atoms with van der Waals surface area (Å²) in [4.78, 5) is 25.5. The number of aromatic nitrogens is 1. The largest absolute Gasteiger partial charge is 0.490 e. The molecule has 1 aromatic heterocycles. The average Bonchev–Trinajstić information content (AvgIpc) is 3.35. The first-order valence-corrected chi connectivity index (χ1v) is 12.4. The van der Waals surface area contributed by atoms with Crippen molar-refractivity contribution in [3.63, 3.8) is 0 Å². The van der Waals surface area contributed by atoms with Crippen LogP contribution in [-0.4, -0.2) is 48.1 Å². The van der Waals surface area contributed by atoms with Gasteiger partial charge in [-0.2, -0.15) is 47.9 Å². The van der Waals surface area contributed by atoms with E-state index in [1.54, 1.807) is 0 Å². The number of nitrogens with zero attached hydrogens (tertiary/aromatic N) is 1. The molecule has 0 radical (unpaired) electrons. The number of carboxylic acids is 1. The molecule has 3 rings (SSSR count). The third kappa shape index (κ3) is 9.94. The standard InChI is InChI=1S/C21H19F6N3O3S.C2HF3O2/c22-20(23,24)14-6-4-13(5-7-14)17(18-16(21(25,26)27)2-1-9-28-18)30-19(31)29-11-12-3-8-15(10-12)34(32)33;3-2(4,5)1(6)7/h1-2,4-7,9,12,17H,3,8,10-11H2,(H2,29,30,31);(H,6,7)/t12?,17-;/m0./s1. The minimum Gasteiger partial charge on any atom is -0.475 e. The van der Waals surface area contributed by atoms with E-state index in [2.05, 4.69) is 15.6 Å². The lowest BCUT2D eigenvalue weighted by atomic mass is 9.98. The minimum absolute atomic E-state index is 0.0365. The predicted molar refractivity (Wildman–Crippen MR) is 124 cm³/mol.